The fourth-order valence-electron chi connectivity index (χ4n) is 3.27. The first kappa shape index (κ1) is 16.0. The highest BCUT2D eigenvalue weighted by molar-refractivity contribution is 7.16. The Morgan fingerprint density at radius 3 is 2.96 bits per heavy atom. The van der Waals surface area contributed by atoms with Gasteiger partial charge in [-0.2, -0.15) is 0 Å². The average Bonchev–Trinajstić information content (AvgIpc) is 3.15. The van der Waals surface area contributed by atoms with Crippen molar-refractivity contribution in [2.75, 3.05) is 24.5 Å². The second-order valence-electron chi connectivity index (χ2n) is 6.39. The molecule has 0 unspecified atom stereocenters. The van der Waals surface area contributed by atoms with Gasteiger partial charge in [0.15, 0.2) is 0 Å². The molecule has 0 aliphatic carbocycles. The Labute approximate surface area is 150 Å². The molecule has 0 saturated carbocycles. The van der Waals surface area contributed by atoms with Crippen LogP contribution in [0.5, 0.6) is 0 Å². The maximum absolute atomic E-state index is 12.4. The molecule has 1 amide bonds. The Hall–Kier alpha value is -2.47. The van der Waals surface area contributed by atoms with Gasteiger partial charge in [-0.3, -0.25) is 9.78 Å². The van der Waals surface area contributed by atoms with Crippen LogP contribution in [0.2, 0.25) is 0 Å². The number of fused-ring (bicyclic) bond motifs is 1. The Morgan fingerprint density at radius 2 is 2.16 bits per heavy atom. The Kier molecular flexibility index (Phi) is 4.61. The van der Waals surface area contributed by atoms with Crippen LogP contribution in [0.4, 0.5) is 5.69 Å². The number of nitrogens with zero attached hydrogens (tertiary/aromatic N) is 3. The van der Waals surface area contributed by atoms with Gasteiger partial charge in [0.25, 0.3) is 5.91 Å². The third-order valence-corrected chi connectivity index (χ3v) is 5.56. The molecule has 2 aromatic heterocycles. The van der Waals surface area contributed by atoms with E-state index in [-0.39, 0.29) is 5.91 Å². The lowest BCUT2D eigenvalue weighted by atomic mass is 9.96. The van der Waals surface area contributed by atoms with Crippen LogP contribution in [0, 0.1) is 5.92 Å². The van der Waals surface area contributed by atoms with Gasteiger partial charge in [0, 0.05) is 31.4 Å². The molecule has 3 heterocycles. The number of carbonyl (C=O) groups excluding carboxylic acids is 1. The van der Waals surface area contributed by atoms with Crippen LogP contribution in [0.25, 0.3) is 10.2 Å². The molecule has 1 fully saturated rings. The van der Waals surface area contributed by atoms with E-state index >= 15 is 0 Å². The quantitative estimate of drug-likeness (QED) is 0.782. The SMILES string of the molecule is O=C(NCC1CCN(c2cccnc2)CC1)c1ccc2ncsc2c1. The van der Waals surface area contributed by atoms with Crippen molar-refractivity contribution in [1.29, 1.82) is 0 Å². The highest BCUT2D eigenvalue weighted by atomic mass is 32.1. The Bertz CT molecular complexity index is 856. The summed E-state index contributed by atoms with van der Waals surface area (Å²) in [7, 11) is 0. The normalized spacial score (nSPS) is 15.4. The lowest BCUT2D eigenvalue weighted by Gasteiger charge is -2.33. The zero-order valence-corrected chi connectivity index (χ0v) is 14.7. The van der Waals surface area contributed by atoms with Gasteiger partial charge in [-0.15, -0.1) is 11.3 Å². The summed E-state index contributed by atoms with van der Waals surface area (Å²) in [5.74, 6) is 0.536. The summed E-state index contributed by atoms with van der Waals surface area (Å²) >= 11 is 1.56. The molecule has 128 valence electrons. The van der Waals surface area contributed by atoms with Crippen molar-refractivity contribution in [3.05, 3.63) is 53.8 Å². The van der Waals surface area contributed by atoms with Crippen LogP contribution in [0.15, 0.2) is 48.2 Å². The lowest BCUT2D eigenvalue weighted by molar-refractivity contribution is 0.0945. The van der Waals surface area contributed by atoms with E-state index in [4.69, 9.17) is 0 Å². The third kappa shape index (κ3) is 3.64. The number of piperidine rings is 1. The standard InChI is InChI=1S/C19H20N4OS/c24-19(15-3-4-17-18(10-15)25-13-22-17)21-11-14-5-8-23(9-6-14)16-2-1-7-20-12-16/h1-4,7,10,12-14H,5-6,8-9,11H2,(H,21,24). The van der Waals surface area contributed by atoms with E-state index in [9.17, 15) is 4.79 Å². The minimum atomic E-state index is 0.00462. The summed E-state index contributed by atoms with van der Waals surface area (Å²) in [5, 5.41) is 3.09. The third-order valence-electron chi connectivity index (χ3n) is 4.77. The van der Waals surface area contributed by atoms with Gasteiger partial charge in [0.2, 0.25) is 0 Å². The molecule has 6 heteroatoms. The molecule has 5 nitrogen and oxygen atoms in total. The summed E-state index contributed by atoms with van der Waals surface area (Å²) in [5.41, 5.74) is 4.65. The molecule has 1 aliphatic heterocycles. The van der Waals surface area contributed by atoms with Crippen LogP contribution < -0.4 is 10.2 Å². The largest absolute Gasteiger partial charge is 0.370 e. The second kappa shape index (κ2) is 7.19. The highest BCUT2D eigenvalue weighted by Crippen LogP contribution is 2.22. The van der Waals surface area contributed by atoms with Gasteiger partial charge in [-0.05, 0) is 49.1 Å². The number of thiazole rings is 1. The first-order chi connectivity index (χ1) is 12.3. The van der Waals surface area contributed by atoms with Crippen LogP contribution in [-0.2, 0) is 0 Å². The maximum atomic E-state index is 12.4. The second-order valence-corrected chi connectivity index (χ2v) is 7.27. The molecule has 1 aliphatic rings. The molecular weight excluding hydrogens is 332 g/mol. The summed E-state index contributed by atoms with van der Waals surface area (Å²) in [6, 6.07) is 9.76. The van der Waals surface area contributed by atoms with Crippen LogP contribution >= 0.6 is 11.3 Å². The molecule has 0 atom stereocenters. The van der Waals surface area contributed by atoms with E-state index < -0.39 is 0 Å². The zero-order chi connectivity index (χ0) is 17.1. The minimum absolute atomic E-state index is 0.00462. The average molecular weight is 352 g/mol. The number of carbonyl (C=O) groups is 1. The smallest absolute Gasteiger partial charge is 0.251 e. The van der Waals surface area contributed by atoms with Gasteiger partial charge in [0.1, 0.15) is 0 Å². The number of hydrogen-bond acceptors (Lipinski definition) is 5. The zero-order valence-electron chi connectivity index (χ0n) is 13.9. The van der Waals surface area contributed by atoms with Crippen LogP contribution in [0.1, 0.15) is 23.2 Å². The van der Waals surface area contributed by atoms with Crippen LogP contribution in [0.3, 0.4) is 0 Å². The van der Waals surface area contributed by atoms with Gasteiger partial charge >= 0.3 is 0 Å². The first-order valence-electron chi connectivity index (χ1n) is 8.56. The van der Waals surface area contributed by atoms with E-state index in [1.807, 2.05) is 36.0 Å². The van der Waals surface area contributed by atoms with E-state index in [0.29, 0.717) is 11.5 Å². The van der Waals surface area contributed by atoms with Gasteiger partial charge in [-0.1, -0.05) is 0 Å². The first-order valence-corrected chi connectivity index (χ1v) is 9.44. The molecule has 0 spiro atoms. The number of nitrogens with one attached hydrogen (secondary N) is 1. The molecule has 25 heavy (non-hydrogen) atoms. The van der Waals surface area contributed by atoms with E-state index in [1.54, 1.807) is 17.5 Å². The van der Waals surface area contributed by atoms with Crippen molar-refractivity contribution < 1.29 is 4.79 Å². The number of pyridine rings is 1. The number of amides is 1. The van der Waals surface area contributed by atoms with Gasteiger partial charge < -0.3 is 10.2 Å². The number of anilines is 1. The van der Waals surface area contributed by atoms with E-state index in [1.165, 1.54) is 5.69 Å². The van der Waals surface area contributed by atoms with Crippen molar-refractivity contribution >= 4 is 33.1 Å². The molecule has 3 aromatic rings. The summed E-state index contributed by atoms with van der Waals surface area (Å²) < 4.78 is 1.05. The van der Waals surface area contributed by atoms with E-state index in [0.717, 1.165) is 42.7 Å². The van der Waals surface area contributed by atoms with Crippen molar-refractivity contribution in [2.45, 2.75) is 12.8 Å². The monoisotopic (exact) mass is 352 g/mol. The summed E-state index contributed by atoms with van der Waals surface area (Å²) in [6.45, 7) is 2.76. The molecule has 4 rings (SSSR count). The molecule has 1 N–H and O–H groups in total. The number of benzene rings is 1. The van der Waals surface area contributed by atoms with Crippen molar-refractivity contribution in [1.82, 2.24) is 15.3 Å². The van der Waals surface area contributed by atoms with E-state index in [2.05, 4.69) is 26.3 Å². The van der Waals surface area contributed by atoms with Crippen molar-refractivity contribution in [3.63, 3.8) is 0 Å². The molecule has 1 aromatic carbocycles. The molecule has 0 bridgehead atoms. The highest BCUT2D eigenvalue weighted by Gasteiger charge is 2.20. The van der Waals surface area contributed by atoms with Gasteiger partial charge in [-0.25, -0.2) is 4.98 Å². The minimum Gasteiger partial charge on any atom is -0.370 e. The number of hydrogen-bond donors (Lipinski definition) is 1. The predicted octanol–water partition coefficient (Wildman–Crippen LogP) is 3.34. The predicted molar refractivity (Wildman–Crippen MR) is 101 cm³/mol. The number of rotatable bonds is 4. The van der Waals surface area contributed by atoms with Crippen molar-refractivity contribution in [2.24, 2.45) is 5.92 Å². The molecular formula is C19H20N4OS. The fraction of sp³-hybridized carbons (Fsp3) is 0.316. The lowest BCUT2D eigenvalue weighted by Crippen LogP contribution is -2.38. The van der Waals surface area contributed by atoms with Crippen molar-refractivity contribution in [3.8, 4) is 0 Å². The summed E-state index contributed by atoms with van der Waals surface area (Å²) in [6.07, 6.45) is 5.89. The fourth-order valence-corrected chi connectivity index (χ4v) is 3.99. The van der Waals surface area contributed by atoms with Gasteiger partial charge in [0.05, 0.1) is 27.6 Å². The summed E-state index contributed by atoms with van der Waals surface area (Å²) in [4.78, 5) is 23.2. The maximum Gasteiger partial charge on any atom is 0.251 e. The Balaban J connectivity index is 1.29. The number of aromatic nitrogens is 2. The van der Waals surface area contributed by atoms with Crippen LogP contribution in [-0.4, -0.2) is 35.5 Å². The topological polar surface area (TPSA) is 58.1 Å². The molecule has 0 radical (unpaired) electrons. The molecule has 1 saturated heterocycles. The Morgan fingerprint density at radius 1 is 1.28 bits per heavy atom.